The van der Waals surface area contributed by atoms with Gasteiger partial charge in [0.05, 0.1) is 12.0 Å². The summed E-state index contributed by atoms with van der Waals surface area (Å²) in [4.78, 5) is 12.9. The molecule has 0 aromatic heterocycles. The quantitative estimate of drug-likeness (QED) is 0.203. The second-order valence-corrected chi connectivity index (χ2v) is 11.6. The Labute approximate surface area is 205 Å². The second kappa shape index (κ2) is 15.4. The standard InChI is InChI=1S/C30H54O3/c1-3-5-6-7-8-12-23-32-28-21-19-25(20-22-28)24-15-17-27(18-16-24)30(31)33-29(4-2)26-13-10-9-11-14-26/h24-29H,3-23H2,1-2H3. The van der Waals surface area contributed by atoms with Gasteiger partial charge in [-0.15, -0.1) is 0 Å². The van der Waals surface area contributed by atoms with E-state index in [1.54, 1.807) is 0 Å². The number of hydrogen-bond donors (Lipinski definition) is 0. The molecule has 0 amide bonds. The molecule has 0 spiro atoms. The number of esters is 1. The summed E-state index contributed by atoms with van der Waals surface area (Å²) >= 11 is 0. The number of carbonyl (C=O) groups is 1. The molecule has 0 saturated heterocycles. The fourth-order valence-electron chi connectivity index (χ4n) is 6.95. The zero-order valence-corrected chi connectivity index (χ0v) is 22.0. The lowest BCUT2D eigenvalue weighted by atomic mass is 9.70. The smallest absolute Gasteiger partial charge is 0.309 e. The first-order chi connectivity index (χ1) is 16.2. The largest absolute Gasteiger partial charge is 0.462 e. The van der Waals surface area contributed by atoms with Crippen LogP contribution in [0.4, 0.5) is 0 Å². The average Bonchev–Trinajstić information content (AvgIpc) is 2.87. The predicted octanol–water partition coefficient (Wildman–Crippen LogP) is 8.63. The van der Waals surface area contributed by atoms with Gasteiger partial charge in [0.2, 0.25) is 0 Å². The molecule has 0 aliphatic heterocycles. The van der Waals surface area contributed by atoms with E-state index in [1.807, 2.05) is 0 Å². The maximum absolute atomic E-state index is 12.9. The van der Waals surface area contributed by atoms with Crippen LogP contribution in [0.2, 0.25) is 0 Å². The van der Waals surface area contributed by atoms with Crippen molar-refractivity contribution in [2.75, 3.05) is 6.61 Å². The molecule has 3 saturated carbocycles. The van der Waals surface area contributed by atoms with Crippen molar-refractivity contribution in [2.45, 2.75) is 154 Å². The molecule has 3 rings (SSSR count). The molecule has 33 heavy (non-hydrogen) atoms. The molecule has 192 valence electrons. The van der Waals surface area contributed by atoms with Crippen molar-refractivity contribution in [1.82, 2.24) is 0 Å². The zero-order chi connectivity index (χ0) is 23.3. The van der Waals surface area contributed by atoms with Crippen molar-refractivity contribution in [1.29, 1.82) is 0 Å². The van der Waals surface area contributed by atoms with Gasteiger partial charge in [0, 0.05) is 6.61 Å². The van der Waals surface area contributed by atoms with E-state index in [2.05, 4.69) is 13.8 Å². The highest BCUT2D eigenvalue weighted by Gasteiger charge is 2.35. The maximum atomic E-state index is 12.9. The molecule has 0 heterocycles. The summed E-state index contributed by atoms with van der Waals surface area (Å²) in [6, 6.07) is 0. The van der Waals surface area contributed by atoms with Crippen molar-refractivity contribution in [3.8, 4) is 0 Å². The molecule has 3 nitrogen and oxygen atoms in total. The van der Waals surface area contributed by atoms with Crippen molar-refractivity contribution < 1.29 is 14.3 Å². The third-order valence-electron chi connectivity index (χ3n) is 9.19. The molecule has 3 aliphatic rings. The van der Waals surface area contributed by atoms with Gasteiger partial charge in [0.25, 0.3) is 0 Å². The van der Waals surface area contributed by atoms with Crippen molar-refractivity contribution in [3.63, 3.8) is 0 Å². The molecule has 1 atom stereocenters. The summed E-state index contributed by atoms with van der Waals surface area (Å²) in [6.07, 6.45) is 25.9. The van der Waals surface area contributed by atoms with Gasteiger partial charge in [-0.05, 0) is 94.8 Å². The van der Waals surface area contributed by atoms with Crippen molar-refractivity contribution in [3.05, 3.63) is 0 Å². The molecule has 3 heteroatoms. The average molecular weight is 463 g/mol. The fraction of sp³-hybridized carbons (Fsp3) is 0.967. The van der Waals surface area contributed by atoms with E-state index in [0.717, 1.165) is 37.7 Å². The van der Waals surface area contributed by atoms with Crippen LogP contribution in [0.1, 0.15) is 142 Å². The highest BCUT2D eigenvalue weighted by Crippen LogP contribution is 2.41. The Balaban J connectivity index is 1.27. The minimum absolute atomic E-state index is 0.123. The minimum Gasteiger partial charge on any atom is -0.462 e. The number of carbonyl (C=O) groups excluding carboxylic acids is 1. The fourth-order valence-corrected chi connectivity index (χ4v) is 6.95. The summed E-state index contributed by atoms with van der Waals surface area (Å²) in [7, 11) is 0. The summed E-state index contributed by atoms with van der Waals surface area (Å²) < 4.78 is 12.3. The van der Waals surface area contributed by atoms with Crippen LogP contribution in [-0.2, 0) is 14.3 Å². The number of ether oxygens (including phenoxy) is 2. The molecule has 0 bridgehead atoms. The van der Waals surface area contributed by atoms with Gasteiger partial charge in [0.15, 0.2) is 0 Å². The lowest BCUT2D eigenvalue weighted by molar-refractivity contribution is -0.159. The van der Waals surface area contributed by atoms with Crippen LogP contribution in [0, 0.1) is 23.7 Å². The van der Waals surface area contributed by atoms with E-state index >= 15 is 0 Å². The first-order valence-corrected chi connectivity index (χ1v) is 15.0. The molecule has 3 aliphatic carbocycles. The van der Waals surface area contributed by atoms with Crippen molar-refractivity contribution in [2.24, 2.45) is 23.7 Å². The number of unbranched alkanes of at least 4 members (excludes halogenated alkanes) is 5. The highest BCUT2D eigenvalue weighted by atomic mass is 16.5. The Kier molecular flexibility index (Phi) is 12.6. The topological polar surface area (TPSA) is 35.5 Å². The van der Waals surface area contributed by atoms with E-state index in [-0.39, 0.29) is 18.0 Å². The van der Waals surface area contributed by atoms with E-state index in [9.17, 15) is 4.79 Å². The van der Waals surface area contributed by atoms with Gasteiger partial charge < -0.3 is 9.47 Å². The van der Waals surface area contributed by atoms with Crippen LogP contribution in [0.25, 0.3) is 0 Å². The van der Waals surface area contributed by atoms with Crippen molar-refractivity contribution >= 4 is 5.97 Å². The van der Waals surface area contributed by atoms with E-state index < -0.39 is 0 Å². The Bertz CT molecular complexity index is 511. The summed E-state index contributed by atoms with van der Waals surface area (Å²) in [5.74, 6) is 2.59. The summed E-state index contributed by atoms with van der Waals surface area (Å²) in [6.45, 7) is 5.44. The van der Waals surface area contributed by atoms with Crippen LogP contribution < -0.4 is 0 Å². The molecule has 0 radical (unpaired) electrons. The van der Waals surface area contributed by atoms with Gasteiger partial charge in [-0.2, -0.15) is 0 Å². The summed E-state index contributed by atoms with van der Waals surface area (Å²) in [5.41, 5.74) is 0. The molecular formula is C30H54O3. The van der Waals surface area contributed by atoms with Crippen LogP contribution >= 0.6 is 0 Å². The van der Waals surface area contributed by atoms with Crippen LogP contribution in [0.3, 0.4) is 0 Å². The Morgan fingerprint density at radius 1 is 0.727 bits per heavy atom. The Morgan fingerprint density at radius 2 is 1.33 bits per heavy atom. The van der Waals surface area contributed by atoms with Gasteiger partial charge in [0.1, 0.15) is 6.10 Å². The van der Waals surface area contributed by atoms with Crippen LogP contribution in [0.15, 0.2) is 0 Å². The highest BCUT2D eigenvalue weighted by molar-refractivity contribution is 5.72. The lowest BCUT2D eigenvalue weighted by Crippen LogP contribution is -2.34. The Morgan fingerprint density at radius 3 is 1.97 bits per heavy atom. The number of hydrogen-bond acceptors (Lipinski definition) is 3. The molecule has 0 N–H and O–H groups in total. The SMILES string of the molecule is CCCCCCCCOC1CCC(C2CCC(C(=O)OC(CC)C3CCCCC3)CC2)CC1. The van der Waals surface area contributed by atoms with E-state index in [0.29, 0.717) is 12.0 Å². The minimum atomic E-state index is 0.123. The van der Waals surface area contributed by atoms with E-state index in [4.69, 9.17) is 9.47 Å². The molecule has 1 unspecified atom stereocenters. The third-order valence-corrected chi connectivity index (χ3v) is 9.19. The number of rotatable bonds is 13. The summed E-state index contributed by atoms with van der Waals surface area (Å²) in [5, 5.41) is 0. The first-order valence-electron chi connectivity index (χ1n) is 15.0. The van der Waals surface area contributed by atoms with Gasteiger partial charge in [-0.1, -0.05) is 65.2 Å². The third kappa shape index (κ3) is 9.19. The predicted molar refractivity (Wildman–Crippen MR) is 137 cm³/mol. The molecule has 0 aromatic rings. The normalized spacial score (nSPS) is 30.1. The zero-order valence-electron chi connectivity index (χ0n) is 22.0. The lowest BCUT2D eigenvalue weighted by Gasteiger charge is -2.38. The van der Waals surface area contributed by atoms with Gasteiger partial charge >= 0.3 is 5.97 Å². The Hall–Kier alpha value is -0.570. The maximum Gasteiger partial charge on any atom is 0.309 e. The molecular weight excluding hydrogens is 408 g/mol. The molecule has 3 fully saturated rings. The second-order valence-electron chi connectivity index (χ2n) is 11.6. The monoisotopic (exact) mass is 462 g/mol. The van der Waals surface area contributed by atoms with Gasteiger partial charge in [-0.25, -0.2) is 0 Å². The van der Waals surface area contributed by atoms with Crippen LogP contribution in [0.5, 0.6) is 0 Å². The molecule has 0 aromatic carbocycles. The van der Waals surface area contributed by atoms with E-state index in [1.165, 1.54) is 109 Å². The first kappa shape index (κ1) is 27.0. The van der Waals surface area contributed by atoms with Crippen LogP contribution in [-0.4, -0.2) is 24.8 Å². The van der Waals surface area contributed by atoms with Gasteiger partial charge in [-0.3, -0.25) is 4.79 Å².